The Morgan fingerprint density at radius 3 is 2.45 bits per heavy atom. The van der Waals surface area contributed by atoms with Crippen LogP contribution in [0.2, 0.25) is 0 Å². The van der Waals surface area contributed by atoms with Crippen molar-refractivity contribution in [3.8, 4) is 0 Å². The predicted molar refractivity (Wildman–Crippen MR) is 68.9 cm³/mol. The first-order valence-electron chi connectivity index (χ1n) is 6.15. The van der Waals surface area contributed by atoms with Crippen molar-refractivity contribution in [1.29, 1.82) is 0 Å². The van der Waals surface area contributed by atoms with Gasteiger partial charge in [-0.15, -0.1) is 0 Å². The number of carbonyl (C=O) groups is 1. The van der Waals surface area contributed by atoms with Crippen LogP contribution in [0.3, 0.4) is 0 Å². The van der Waals surface area contributed by atoms with Crippen molar-refractivity contribution < 1.29 is 9.42 Å². The summed E-state index contributed by atoms with van der Waals surface area (Å²) in [5, 5.41) is 6.94. The van der Waals surface area contributed by atoms with Crippen LogP contribution in [0.5, 0.6) is 0 Å². The van der Waals surface area contributed by atoms with Crippen LogP contribution >= 0.6 is 0 Å². The number of amides is 1. The zero-order valence-electron chi connectivity index (χ0n) is 10.6. The molecular formula is C11H13N7O2. The second-order valence-corrected chi connectivity index (χ2v) is 4.33. The molecule has 0 spiro atoms. The molecule has 0 saturated carbocycles. The summed E-state index contributed by atoms with van der Waals surface area (Å²) in [4.78, 5) is 24.2. The Balaban J connectivity index is 1.64. The van der Waals surface area contributed by atoms with Gasteiger partial charge < -0.3 is 15.5 Å². The Kier molecular flexibility index (Phi) is 3.15. The summed E-state index contributed by atoms with van der Waals surface area (Å²) in [6, 6.07) is 1.77. The summed E-state index contributed by atoms with van der Waals surface area (Å²) < 4.78 is 4.44. The molecule has 3 rings (SSSR count). The smallest absolute Gasteiger partial charge is 0.280 e. The zero-order chi connectivity index (χ0) is 13.9. The van der Waals surface area contributed by atoms with Crippen molar-refractivity contribution in [2.75, 3.05) is 36.8 Å². The number of anilines is 2. The van der Waals surface area contributed by atoms with E-state index in [9.17, 15) is 4.79 Å². The summed E-state index contributed by atoms with van der Waals surface area (Å²) in [6.45, 7) is 2.40. The normalized spacial score (nSPS) is 15.4. The third-order valence-corrected chi connectivity index (χ3v) is 3.12. The van der Waals surface area contributed by atoms with E-state index in [0.29, 0.717) is 32.1 Å². The summed E-state index contributed by atoms with van der Waals surface area (Å²) >= 11 is 0. The van der Waals surface area contributed by atoms with E-state index in [2.05, 4.69) is 24.9 Å². The van der Waals surface area contributed by atoms with Gasteiger partial charge in [0.25, 0.3) is 5.91 Å². The van der Waals surface area contributed by atoms with E-state index in [1.54, 1.807) is 23.4 Å². The highest BCUT2D eigenvalue weighted by atomic mass is 16.6. The molecule has 104 valence electrons. The molecule has 3 heterocycles. The quantitative estimate of drug-likeness (QED) is 0.773. The topological polar surface area (TPSA) is 114 Å². The SMILES string of the molecule is Nc1nonc1C(=O)N1CCN(c2ncccn2)CC1. The van der Waals surface area contributed by atoms with Gasteiger partial charge in [0.05, 0.1) is 0 Å². The fraction of sp³-hybridized carbons (Fsp3) is 0.364. The van der Waals surface area contributed by atoms with Crippen LogP contribution in [0.1, 0.15) is 10.5 Å². The summed E-state index contributed by atoms with van der Waals surface area (Å²) in [7, 11) is 0. The zero-order valence-corrected chi connectivity index (χ0v) is 10.6. The molecule has 1 fully saturated rings. The molecule has 0 bridgehead atoms. The molecule has 1 aliphatic rings. The highest BCUT2D eigenvalue weighted by molar-refractivity contribution is 5.96. The molecule has 9 heteroatoms. The van der Waals surface area contributed by atoms with Crippen molar-refractivity contribution in [1.82, 2.24) is 25.2 Å². The molecule has 1 saturated heterocycles. The minimum absolute atomic E-state index is 0.0174. The minimum atomic E-state index is -0.266. The van der Waals surface area contributed by atoms with E-state index in [-0.39, 0.29) is 17.4 Å². The maximum atomic E-state index is 12.2. The van der Waals surface area contributed by atoms with Crippen LogP contribution in [0.4, 0.5) is 11.8 Å². The third-order valence-electron chi connectivity index (χ3n) is 3.12. The van der Waals surface area contributed by atoms with E-state index in [1.165, 1.54) is 0 Å². The molecule has 0 aliphatic carbocycles. The van der Waals surface area contributed by atoms with E-state index in [4.69, 9.17) is 5.73 Å². The minimum Gasteiger partial charge on any atom is -0.379 e. The highest BCUT2D eigenvalue weighted by Crippen LogP contribution is 2.13. The van der Waals surface area contributed by atoms with E-state index in [0.717, 1.165) is 0 Å². The lowest BCUT2D eigenvalue weighted by atomic mass is 10.3. The second-order valence-electron chi connectivity index (χ2n) is 4.33. The Hall–Kier alpha value is -2.71. The molecule has 0 radical (unpaired) electrons. The molecule has 2 aromatic rings. The Morgan fingerprint density at radius 2 is 1.85 bits per heavy atom. The van der Waals surface area contributed by atoms with Crippen molar-refractivity contribution >= 4 is 17.7 Å². The van der Waals surface area contributed by atoms with E-state index in [1.807, 2.05) is 4.90 Å². The monoisotopic (exact) mass is 275 g/mol. The number of carbonyl (C=O) groups excluding carboxylic acids is 1. The average Bonchev–Trinajstić information content (AvgIpc) is 2.94. The molecule has 1 aliphatic heterocycles. The number of nitrogens with zero attached hydrogens (tertiary/aromatic N) is 6. The lowest BCUT2D eigenvalue weighted by Gasteiger charge is -2.34. The van der Waals surface area contributed by atoms with Crippen LogP contribution in [-0.4, -0.2) is 57.3 Å². The van der Waals surface area contributed by atoms with Crippen LogP contribution in [0.25, 0.3) is 0 Å². The average molecular weight is 275 g/mol. The molecule has 1 amide bonds. The standard InChI is InChI=1S/C11H13N7O2/c12-9-8(15-20-16-9)10(19)17-4-6-18(7-5-17)11-13-2-1-3-14-11/h1-3H,4-7H2,(H2,12,16). The first kappa shape index (κ1) is 12.3. The van der Waals surface area contributed by atoms with Gasteiger partial charge >= 0.3 is 0 Å². The lowest BCUT2D eigenvalue weighted by molar-refractivity contribution is 0.0736. The first-order chi connectivity index (χ1) is 9.75. The Labute approximate surface area is 114 Å². The maximum Gasteiger partial charge on any atom is 0.280 e. The number of hydrogen-bond donors (Lipinski definition) is 1. The number of nitrogens with two attached hydrogens (primary N) is 1. The van der Waals surface area contributed by atoms with Gasteiger partial charge in [0.1, 0.15) is 0 Å². The summed E-state index contributed by atoms with van der Waals surface area (Å²) in [5.41, 5.74) is 5.59. The van der Waals surface area contributed by atoms with Gasteiger partial charge in [-0.1, -0.05) is 0 Å². The highest BCUT2D eigenvalue weighted by Gasteiger charge is 2.27. The van der Waals surface area contributed by atoms with Gasteiger partial charge in [0.15, 0.2) is 0 Å². The predicted octanol–water partition coefficient (Wildman–Crippen LogP) is -0.596. The molecular weight excluding hydrogens is 262 g/mol. The van der Waals surface area contributed by atoms with Gasteiger partial charge in [-0.2, -0.15) is 0 Å². The summed E-state index contributed by atoms with van der Waals surface area (Å²) in [5.74, 6) is 0.420. The number of rotatable bonds is 2. The van der Waals surface area contributed by atoms with E-state index < -0.39 is 0 Å². The largest absolute Gasteiger partial charge is 0.379 e. The molecule has 0 aromatic carbocycles. The molecule has 9 nitrogen and oxygen atoms in total. The fourth-order valence-electron chi connectivity index (χ4n) is 2.06. The number of piperazine rings is 1. The van der Waals surface area contributed by atoms with E-state index >= 15 is 0 Å². The third kappa shape index (κ3) is 2.25. The molecule has 0 unspecified atom stereocenters. The van der Waals surface area contributed by atoms with Gasteiger partial charge in [-0.3, -0.25) is 4.79 Å². The molecule has 2 N–H and O–H groups in total. The number of nitrogen functional groups attached to an aromatic ring is 1. The van der Waals surface area contributed by atoms with Crippen LogP contribution in [0.15, 0.2) is 23.1 Å². The van der Waals surface area contributed by atoms with Crippen LogP contribution < -0.4 is 10.6 Å². The van der Waals surface area contributed by atoms with Gasteiger partial charge in [-0.05, 0) is 16.4 Å². The second kappa shape index (κ2) is 5.11. The van der Waals surface area contributed by atoms with Crippen molar-refractivity contribution in [2.24, 2.45) is 0 Å². The van der Waals surface area contributed by atoms with Crippen LogP contribution in [0, 0.1) is 0 Å². The molecule has 20 heavy (non-hydrogen) atoms. The van der Waals surface area contributed by atoms with Crippen molar-refractivity contribution in [3.63, 3.8) is 0 Å². The Morgan fingerprint density at radius 1 is 1.15 bits per heavy atom. The molecule has 2 aromatic heterocycles. The summed E-state index contributed by atoms with van der Waals surface area (Å²) in [6.07, 6.45) is 3.39. The maximum absolute atomic E-state index is 12.2. The Bertz CT molecular complexity index is 592. The van der Waals surface area contributed by atoms with Gasteiger partial charge in [0.2, 0.25) is 17.5 Å². The van der Waals surface area contributed by atoms with Crippen molar-refractivity contribution in [3.05, 3.63) is 24.2 Å². The fourth-order valence-corrected chi connectivity index (χ4v) is 2.06. The van der Waals surface area contributed by atoms with Crippen LogP contribution in [-0.2, 0) is 0 Å². The number of hydrogen-bond acceptors (Lipinski definition) is 8. The van der Waals surface area contributed by atoms with Crippen molar-refractivity contribution in [2.45, 2.75) is 0 Å². The van der Waals surface area contributed by atoms with Gasteiger partial charge in [-0.25, -0.2) is 14.6 Å². The first-order valence-corrected chi connectivity index (χ1v) is 6.15. The molecule has 0 atom stereocenters. The van der Waals surface area contributed by atoms with Gasteiger partial charge in [0, 0.05) is 38.6 Å². The lowest BCUT2D eigenvalue weighted by Crippen LogP contribution is -2.49. The number of aromatic nitrogens is 4.